The highest BCUT2D eigenvalue weighted by atomic mass is 19.1. The number of ether oxygens (including phenoxy) is 2. The predicted octanol–water partition coefficient (Wildman–Crippen LogP) is 3.68. The summed E-state index contributed by atoms with van der Waals surface area (Å²) in [5, 5.41) is 6.22. The summed E-state index contributed by atoms with van der Waals surface area (Å²) in [7, 11) is 1.67. The Morgan fingerprint density at radius 2 is 2.11 bits per heavy atom. The lowest BCUT2D eigenvalue weighted by molar-refractivity contribution is -0.0100. The Kier molecular flexibility index (Phi) is 5.97. The SMILES string of the molecule is COC[C@@H]1CN(c2ccc(Nc3ccc(-c4cnc5c(F)c(C)ccn45)c4c3C(=O)NC4)nc2)CCO1. The van der Waals surface area contributed by atoms with E-state index < -0.39 is 0 Å². The molecule has 0 bridgehead atoms. The van der Waals surface area contributed by atoms with E-state index in [9.17, 15) is 9.18 Å². The molecule has 0 saturated carbocycles. The molecular weight excluding hydrogens is 475 g/mol. The largest absolute Gasteiger partial charge is 0.382 e. The number of amides is 1. The Balaban J connectivity index is 1.28. The molecule has 1 aromatic carbocycles. The lowest BCUT2D eigenvalue weighted by atomic mass is 9.99. The summed E-state index contributed by atoms with van der Waals surface area (Å²) in [6, 6.07) is 9.42. The molecule has 0 unspecified atom stereocenters. The third-order valence-electron chi connectivity index (χ3n) is 6.92. The second-order valence-corrected chi connectivity index (χ2v) is 9.27. The number of hydrogen-bond acceptors (Lipinski definition) is 7. The molecule has 4 aromatic rings. The first-order valence-electron chi connectivity index (χ1n) is 12.2. The van der Waals surface area contributed by atoms with Crippen LogP contribution in [-0.2, 0) is 16.0 Å². The van der Waals surface area contributed by atoms with Crippen molar-refractivity contribution >= 4 is 28.7 Å². The van der Waals surface area contributed by atoms with Gasteiger partial charge < -0.3 is 25.0 Å². The van der Waals surface area contributed by atoms with Gasteiger partial charge >= 0.3 is 0 Å². The fourth-order valence-electron chi connectivity index (χ4n) is 5.03. The molecule has 3 aromatic heterocycles. The van der Waals surface area contributed by atoms with Crippen molar-refractivity contribution in [3.63, 3.8) is 0 Å². The van der Waals surface area contributed by atoms with Crippen LogP contribution in [0.3, 0.4) is 0 Å². The van der Waals surface area contributed by atoms with Gasteiger partial charge in [-0.1, -0.05) is 6.07 Å². The van der Waals surface area contributed by atoms with Gasteiger partial charge in [0.1, 0.15) is 5.82 Å². The number of nitrogens with one attached hydrogen (secondary N) is 2. The first-order valence-corrected chi connectivity index (χ1v) is 12.2. The highest BCUT2D eigenvalue weighted by molar-refractivity contribution is 6.06. The number of carbonyl (C=O) groups is 1. The lowest BCUT2D eigenvalue weighted by Crippen LogP contribution is -2.44. The van der Waals surface area contributed by atoms with Crippen LogP contribution in [0.5, 0.6) is 0 Å². The number of aromatic nitrogens is 3. The van der Waals surface area contributed by atoms with E-state index in [1.165, 1.54) is 0 Å². The summed E-state index contributed by atoms with van der Waals surface area (Å²) < 4.78 is 27.3. The van der Waals surface area contributed by atoms with E-state index in [0.29, 0.717) is 42.4 Å². The Hall–Kier alpha value is -4.02. The molecule has 1 amide bonds. The molecule has 1 atom stereocenters. The number of carbonyl (C=O) groups excluding carboxylic acids is 1. The number of pyridine rings is 2. The van der Waals surface area contributed by atoms with Crippen LogP contribution >= 0.6 is 0 Å². The van der Waals surface area contributed by atoms with E-state index in [2.05, 4.69) is 25.5 Å². The maximum absolute atomic E-state index is 14.6. The molecule has 0 radical (unpaired) electrons. The number of halogens is 1. The Labute approximate surface area is 213 Å². The van der Waals surface area contributed by atoms with Gasteiger partial charge in [0, 0.05) is 38.5 Å². The highest BCUT2D eigenvalue weighted by Crippen LogP contribution is 2.36. The molecule has 2 N–H and O–H groups in total. The molecule has 1 saturated heterocycles. The predicted molar refractivity (Wildman–Crippen MR) is 138 cm³/mol. The van der Waals surface area contributed by atoms with Crippen LogP contribution in [0.1, 0.15) is 21.5 Å². The molecule has 9 nitrogen and oxygen atoms in total. The average molecular weight is 503 g/mol. The fourth-order valence-corrected chi connectivity index (χ4v) is 5.03. The third-order valence-corrected chi connectivity index (χ3v) is 6.92. The number of morpholine rings is 1. The zero-order valence-corrected chi connectivity index (χ0v) is 20.6. The topological polar surface area (TPSA) is 93.0 Å². The van der Waals surface area contributed by atoms with Gasteiger partial charge in [-0.2, -0.15) is 0 Å². The molecule has 2 aliphatic rings. The molecule has 1 fully saturated rings. The van der Waals surface area contributed by atoms with Crippen molar-refractivity contribution in [2.24, 2.45) is 0 Å². The first kappa shape index (κ1) is 23.4. The van der Waals surface area contributed by atoms with Crippen LogP contribution in [0.25, 0.3) is 16.9 Å². The van der Waals surface area contributed by atoms with E-state index in [1.54, 1.807) is 36.9 Å². The quantitative estimate of drug-likeness (QED) is 0.416. The van der Waals surface area contributed by atoms with Gasteiger partial charge in [-0.3, -0.25) is 9.20 Å². The molecule has 0 spiro atoms. The van der Waals surface area contributed by atoms with Crippen LogP contribution in [0.15, 0.2) is 48.9 Å². The van der Waals surface area contributed by atoms with Gasteiger partial charge in [-0.25, -0.2) is 14.4 Å². The molecule has 6 rings (SSSR count). The highest BCUT2D eigenvalue weighted by Gasteiger charge is 2.28. The summed E-state index contributed by atoms with van der Waals surface area (Å²) in [4.78, 5) is 23.9. The molecule has 37 heavy (non-hydrogen) atoms. The smallest absolute Gasteiger partial charge is 0.254 e. The summed E-state index contributed by atoms with van der Waals surface area (Å²) in [5.41, 5.74) is 5.42. The average Bonchev–Trinajstić information content (AvgIpc) is 3.52. The number of aryl methyl sites for hydroxylation is 1. The zero-order chi connectivity index (χ0) is 25.5. The summed E-state index contributed by atoms with van der Waals surface area (Å²) in [6.45, 7) is 4.81. The number of nitrogens with zero attached hydrogens (tertiary/aromatic N) is 4. The monoisotopic (exact) mass is 502 g/mol. The van der Waals surface area contributed by atoms with E-state index in [0.717, 1.165) is 35.6 Å². The van der Waals surface area contributed by atoms with Crippen molar-refractivity contribution in [2.45, 2.75) is 19.6 Å². The number of anilines is 3. The number of imidazole rings is 1. The number of benzene rings is 1. The van der Waals surface area contributed by atoms with Crippen LogP contribution in [0.2, 0.25) is 0 Å². The van der Waals surface area contributed by atoms with Crippen molar-refractivity contribution < 1.29 is 18.7 Å². The Morgan fingerprint density at radius 3 is 2.92 bits per heavy atom. The first-order chi connectivity index (χ1) is 18.0. The minimum Gasteiger partial charge on any atom is -0.382 e. The second-order valence-electron chi connectivity index (χ2n) is 9.27. The zero-order valence-electron chi connectivity index (χ0n) is 20.6. The summed E-state index contributed by atoms with van der Waals surface area (Å²) >= 11 is 0. The van der Waals surface area contributed by atoms with Gasteiger partial charge in [0.15, 0.2) is 11.5 Å². The third kappa shape index (κ3) is 4.17. The van der Waals surface area contributed by atoms with E-state index >= 15 is 0 Å². The maximum atomic E-state index is 14.6. The van der Waals surface area contributed by atoms with Crippen molar-refractivity contribution in [2.75, 3.05) is 43.6 Å². The van der Waals surface area contributed by atoms with E-state index in [4.69, 9.17) is 9.47 Å². The van der Waals surface area contributed by atoms with Crippen molar-refractivity contribution in [3.8, 4) is 11.3 Å². The molecule has 2 aliphatic heterocycles. The maximum Gasteiger partial charge on any atom is 0.254 e. The Morgan fingerprint density at radius 1 is 1.22 bits per heavy atom. The number of rotatable bonds is 6. The van der Waals surface area contributed by atoms with Gasteiger partial charge in [-0.15, -0.1) is 0 Å². The Bertz CT molecular complexity index is 1480. The fraction of sp³-hybridized carbons (Fsp3) is 0.296. The molecular formula is C27H27FN6O3. The molecule has 10 heteroatoms. The summed E-state index contributed by atoms with van der Waals surface area (Å²) in [5.74, 6) is 0.121. The molecule has 190 valence electrons. The van der Waals surface area contributed by atoms with Crippen LogP contribution in [0, 0.1) is 12.7 Å². The van der Waals surface area contributed by atoms with E-state index in [-0.39, 0.29) is 23.5 Å². The normalized spacial score (nSPS) is 17.2. The van der Waals surface area contributed by atoms with Gasteiger partial charge in [0.2, 0.25) is 0 Å². The number of methoxy groups -OCH3 is 1. The van der Waals surface area contributed by atoms with Gasteiger partial charge in [0.05, 0.1) is 54.3 Å². The molecule has 5 heterocycles. The lowest BCUT2D eigenvalue weighted by Gasteiger charge is -2.34. The van der Waals surface area contributed by atoms with Crippen molar-refractivity contribution in [1.29, 1.82) is 0 Å². The molecule has 0 aliphatic carbocycles. The van der Waals surface area contributed by atoms with E-state index in [1.807, 2.05) is 30.5 Å². The number of fused-ring (bicyclic) bond motifs is 2. The minimum atomic E-state index is -0.348. The van der Waals surface area contributed by atoms with Crippen molar-refractivity contribution in [1.82, 2.24) is 19.7 Å². The van der Waals surface area contributed by atoms with Crippen LogP contribution in [0.4, 0.5) is 21.6 Å². The minimum absolute atomic E-state index is 0.0320. The van der Waals surface area contributed by atoms with Crippen LogP contribution in [-0.4, -0.2) is 59.8 Å². The van der Waals surface area contributed by atoms with Crippen molar-refractivity contribution in [3.05, 3.63) is 71.4 Å². The standard InChI is InChI=1S/C27H27FN6O3/c1-16-7-8-34-22(13-30-26(34)25(16)28)19-4-5-21(24-20(19)12-31-27(24)35)32-23-6-3-17(11-29-23)33-9-10-37-18(14-33)15-36-2/h3-8,11,13,18H,9-10,12,14-15H2,1-2H3,(H,29,32)(H,31,35)/t18-/m0/s1. The van der Waals surface area contributed by atoms with Gasteiger partial charge in [-0.05, 0) is 42.3 Å². The van der Waals surface area contributed by atoms with Crippen LogP contribution < -0.4 is 15.5 Å². The van der Waals surface area contributed by atoms with Gasteiger partial charge in [0.25, 0.3) is 5.91 Å². The second kappa shape index (κ2) is 9.45. The summed E-state index contributed by atoms with van der Waals surface area (Å²) in [6.07, 6.45) is 5.30. The number of hydrogen-bond donors (Lipinski definition) is 2.